The smallest absolute Gasteiger partial charge is 0.410 e. The zero-order valence-electron chi connectivity index (χ0n) is 10.7. The molecular formula is C10H22N4O3. The second kappa shape index (κ2) is 6.95. The monoisotopic (exact) mass is 246 g/mol. The zero-order chi connectivity index (χ0) is 13.5. The Morgan fingerprint density at radius 1 is 1.18 bits per heavy atom. The van der Waals surface area contributed by atoms with E-state index in [2.05, 4.69) is 16.8 Å². The Morgan fingerprint density at radius 2 is 1.59 bits per heavy atom. The van der Waals surface area contributed by atoms with Crippen LogP contribution >= 0.6 is 0 Å². The van der Waals surface area contributed by atoms with Gasteiger partial charge in [-0.3, -0.25) is 0 Å². The van der Waals surface area contributed by atoms with Crippen LogP contribution in [0.25, 0.3) is 0 Å². The van der Waals surface area contributed by atoms with Crippen molar-refractivity contribution in [1.29, 1.82) is 0 Å². The summed E-state index contributed by atoms with van der Waals surface area (Å²) in [4.78, 5) is 22.2. The molecular weight excluding hydrogens is 224 g/mol. The van der Waals surface area contributed by atoms with E-state index in [4.69, 9.17) is 9.53 Å². The van der Waals surface area contributed by atoms with Gasteiger partial charge in [0.25, 0.3) is 0 Å². The summed E-state index contributed by atoms with van der Waals surface area (Å²) in [5, 5.41) is 3.18. The molecule has 1 fully saturated rings. The number of hydrogen-bond donors (Lipinski definition) is 3. The average Bonchev–Trinajstić information content (AvgIpc) is 2.15. The second-order valence-electron chi connectivity index (χ2n) is 4.62. The number of nitrogens with one attached hydrogen (secondary N) is 1. The molecule has 1 saturated heterocycles. The lowest BCUT2D eigenvalue weighted by Crippen LogP contribution is -2.48. The Kier molecular flexibility index (Phi) is 6.34. The van der Waals surface area contributed by atoms with E-state index < -0.39 is 6.03 Å². The van der Waals surface area contributed by atoms with Gasteiger partial charge in [-0.2, -0.15) is 0 Å². The van der Waals surface area contributed by atoms with Crippen molar-refractivity contribution in [2.24, 2.45) is 11.5 Å². The van der Waals surface area contributed by atoms with Crippen molar-refractivity contribution < 1.29 is 14.3 Å². The van der Waals surface area contributed by atoms with Crippen LogP contribution in [0.2, 0.25) is 0 Å². The molecule has 0 aliphatic carbocycles. The van der Waals surface area contributed by atoms with E-state index in [9.17, 15) is 4.79 Å². The summed E-state index contributed by atoms with van der Waals surface area (Å²) in [5.41, 5.74) is 8.11. The second-order valence-corrected chi connectivity index (χ2v) is 4.62. The first-order valence-corrected chi connectivity index (χ1v) is 5.46. The van der Waals surface area contributed by atoms with Crippen LogP contribution in [0.4, 0.5) is 9.59 Å². The zero-order valence-corrected chi connectivity index (χ0v) is 10.7. The van der Waals surface area contributed by atoms with Crippen molar-refractivity contribution in [1.82, 2.24) is 10.2 Å². The highest BCUT2D eigenvalue weighted by molar-refractivity contribution is 5.69. The first-order chi connectivity index (χ1) is 7.72. The van der Waals surface area contributed by atoms with E-state index in [0.29, 0.717) is 0 Å². The molecule has 0 aromatic rings. The summed E-state index contributed by atoms with van der Waals surface area (Å²) >= 11 is 0. The lowest BCUT2D eigenvalue weighted by molar-refractivity contribution is 0.0229. The third kappa shape index (κ3) is 9.43. The lowest BCUT2D eigenvalue weighted by atomic mass is 10.2. The number of rotatable bonds is 0. The Bertz CT molecular complexity index is 253. The fourth-order valence-electron chi connectivity index (χ4n) is 1.17. The fraction of sp³-hybridized carbons (Fsp3) is 0.800. The summed E-state index contributed by atoms with van der Waals surface area (Å²) in [7, 11) is 0. The molecule has 0 atom stereocenters. The number of carbonyl (C=O) groups excluding carboxylic acids is 2. The number of nitrogens with zero attached hydrogens (tertiary/aromatic N) is 1. The van der Waals surface area contributed by atoms with Gasteiger partial charge in [-0.15, -0.1) is 0 Å². The van der Waals surface area contributed by atoms with Crippen molar-refractivity contribution in [3.05, 3.63) is 0 Å². The molecule has 7 nitrogen and oxygen atoms in total. The largest absolute Gasteiger partial charge is 0.444 e. The quantitative estimate of drug-likeness (QED) is 0.552. The minimum atomic E-state index is -0.833. The van der Waals surface area contributed by atoms with Crippen LogP contribution in [0.15, 0.2) is 0 Å². The van der Waals surface area contributed by atoms with Gasteiger partial charge in [0.05, 0.1) is 0 Å². The molecule has 5 N–H and O–H groups in total. The van der Waals surface area contributed by atoms with Gasteiger partial charge in [-0.05, 0) is 20.8 Å². The SMILES string of the molecule is CC(C)(C)OC(=O)N1CCNCC1.NC(N)=O. The van der Waals surface area contributed by atoms with Crippen molar-refractivity contribution >= 4 is 12.1 Å². The van der Waals surface area contributed by atoms with Crippen LogP contribution in [0.1, 0.15) is 20.8 Å². The lowest BCUT2D eigenvalue weighted by Gasteiger charge is -2.30. The first kappa shape index (κ1) is 15.5. The van der Waals surface area contributed by atoms with Gasteiger partial charge in [-0.1, -0.05) is 0 Å². The Labute approximate surface area is 101 Å². The molecule has 0 bridgehead atoms. The van der Waals surface area contributed by atoms with E-state index in [0.717, 1.165) is 26.2 Å². The molecule has 0 aromatic heterocycles. The molecule has 0 aromatic carbocycles. The normalized spacial score (nSPS) is 15.6. The fourth-order valence-corrected chi connectivity index (χ4v) is 1.17. The number of piperazine rings is 1. The van der Waals surface area contributed by atoms with Gasteiger partial charge in [0.2, 0.25) is 0 Å². The molecule has 7 heteroatoms. The molecule has 1 aliphatic rings. The summed E-state index contributed by atoms with van der Waals surface area (Å²) in [6.45, 7) is 8.86. The summed E-state index contributed by atoms with van der Waals surface area (Å²) in [6.07, 6.45) is -0.200. The minimum absolute atomic E-state index is 0.200. The molecule has 1 heterocycles. The van der Waals surface area contributed by atoms with E-state index in [-0.39, 0.29) is 11.7 Å². The molecule has 0 radical (unpaired) electrons. The van der Waals surface area contributed by atoms with E-state index >= 15 is 0 Å². The van der Waals surface area contributed by atoms with E-state index in [1.165, 1.54) is 0 Å². The van der Waals surface area contributed by atoms with Crippen LogP contribution in [0, 0.1) is 0 Å². The van der Waals surface area contributed by atoms with Crippen LogP contribution in [-0.4, -0.2) is 48.8 Å². The molecule has 1 rings (SSSR count). The molecule has 0 spiro atoms. The standard InChI is InChI=1S/C9H18N2O2.CH4N2O/c1-9(2,3)13-8(12)11-6-4-10-5-7-11;2-1(3)4/h10H,4-7H2,1-3H3;(H4,2,3,4). The summed E-state index contributed by atoms with van der Waals surface area (Å²) < 4.78 is 5.24. The predicted octanol–water partition coefficient (Wildman–Crippen LogP) is -0.149. The van der Waals surface area contributed by atoms with Gasteiger partial charge < -0.3 is 26.4 Å². The maximum atomic E-state index is 11.5. The highest BCUT2D eigenvalue weighted by Crippen LogP contribution is 2.09. The summed E-state index contributed by atoms with van der Waals surface area (Å²) in [5.74, 6) is 0. The number of nitrogens with two attached hydrogens (primary N) is 2. The number of primary amides is 2. The molecule has 17 heavy (non-hydrogen) atoms. The predicted molar refractivity (Wildman–Crippen MR) is 64.4 cm³/mol. The number of ether oxygens (including phenoxy) is 1. The Balaban J connectivity index is 0.000000557. The molecule has 0 saturated carbocycles. The van der Waals surface area contributed by atoms with E-state index in [1.54, 1.807) is 4.90 Å². The van der Waals surface area contributed by atoms with Crippen molar-refractivity contribution in [3.8, 4) is 0 Å². The minimum Gasteiger partial charge on any atom is -0.444 e. The third-order valence-electron chi connectivity index (χ3n) is 1.77. The highest BCUT2D eigenvalue weighted by atomic mass is 16.6. The maximum absolute atomic E-state index is 11.5. The maximum Gasteiger partial charge on any atom is 0.410 e. The van der Waals surface area contributed by atoms with Crippen molar-refractivity contribution in [2.75, 3.05) is 26.2 Å². The third-order valence-corrected chi connectivity index (χ3v) is 1.77. The van der Waals surface area contributed by atoms with Gasteiger partial charge in [-0.25, -0.2) is 9.59 Å². The topological polar surface area (TPSA) is 111 Å². The first-order valence-electron chi connectivity index (χ1n) is 5.46. The molecule has 0 unspecified atom stereocenters. The highest BCUT2D eigenvalue weighted by Gasteiger charge is 2.22. The number of amides is 3. The van der Waals surface area contributed by atoms with E-state index in [1.807, 2.05) is 20.8 Å². The van der Waals surface area contributed by atoms with Gasteiger partial charge in [0, 0.05) is 26.2 Å². The molecule has 3 amide bonds. The van der Waals surface area contributed by atoms with Gasteiger partial charge in [0.1, 0.15) is 5.60 Å². The van der Waals surface area contributed by atoms with Crippen molar-refractivity contribution in [2.45, 2.75) is 26.4 Å². The molecule has 1 aliphatic heterocycles. The van der Waals surface area contributed by atoms with Crippen molar-refractivity contribution in [3.63, 3.8) is 0 Å². The van der Waals surface area contributed by atoms with Gasteiger partial charge in [0.15, 0.2) is 0 Å². The van der Waals surface area contributed by atoms with Gasteiger partial charge >= 0.3 is 12.1 Å². The average molecular weight is 246 g/mol. The number of urea groups is 1. The number of hydrogen-bond acceptors (Lipinski definition) is 4. The van der Waals surface area contributed by atoms with Crippen LogP contribution in [-0.2, 0) is 4.74 Å². The Hall–Kier alpha value is -1.50. The summed E-state index contributed by atoms with van der Waals surface area (Å²) in [6, 6.07) is -0.833. The Morgan fingerprint density at radius 3 is 1.94 bits per heavy atom. The number of carbonyl (C=O) groups is 2. The van der Waals surface area contributed by atoms with Crippen LogP contribution in [0.3, 0.4) is 0 Å². The van der Waals surface area contributed by atoms with Crippen LogP contribution < -0.4 is 16.8 Å². The molecule has 100 valence electrons. The van der Waals surface area contributed by atoms with Crippen LogP contribution in [0.5, 0.6) is 0 Å².